The molecular formula is C12H13FN2O5S. The number of rotatable bonds is 5. The molecule has 2 rings (SSSR count). The Morgan fingerprint density at radius 1 is 1.43 bits per heavy atom. The van der Waals surface area contributed by atoms with Crippen molar-refractivity contribution in [1.82, 2.24) is 10.2 Å². The SMILES string of the molecule is O=C(O)c1cc(S(=O)(=O)CCN2CCNC2=O)ccc1F. The maximum Gasteiger partial charge on any atom is 0.338 e. The highest BCUT2D eigenvalue weighted by molar-refractivity contribution is 7.91. The minimum Gasteiger partial charge on any atom is -0.478 e. The van der Waals surface area contributed by atoms with Crippen LogP contribution in [-0.2, 0) is 9.84 Å². The number of nitrogens with zero attached hydrogens (tertiary/aromatic N) is 1. The average molecular weight is 316 g/mol. The second-order valence-corrected chi connectivity index (χ2v) is 6.59. The molecule has 1 aromatic carbocycles. The van der Waals surface area contributed by atoms with Gasteiger partial charge in [0.05, 0.1) is 16.2 Å². The summed E-state index contributed by atoms with van der Waals surface area (Å²) in [5, 5.41) is 11.3. The molecule has 0 bridgehead atoms. The second kappa shape index (κ2) is 5.68. The third-order valence-electron chi connectivity index (χ3n) is 3.10. The number of urea groups is 1. The van der Waals surface area contributed by atoms with Crippen LogP contribution < -0.4 is 5.32 Å². The molecule has 1 aromatic rings. The summed E-state index contributed by atoms with van der Waals surface area (Å²) in [6, 6.07) is 2.27. The van der Waals surface area contributed by atoms with E-state index in [1.807, 2.05) is 0 Å². The number of sulfone groups is 1. The van der Waals surface area contributed by atoms with Crippen molar-refractivity contribution in [3.8, 4) is 0 Å². The van der Waals surface area contributed by atoms with E-state index in [0.29, 0.717) is 13.1 Å². The predicted molar refractivity (Wildman–Crippen MR) is 70.4 cm³/mol. The number of aromatic carboxylic acids is 1. The lowest BCUT2D eigenvalue weighted by Crippen LogP contribution is -2.32. The highest BCUT2D eigenvalue weighted by Gasteiger charge is 2.24. The Bertz CT molecular complexity index is 689. The van der Waals surface area contributed by atoms with Gasteiger partial charge in [-0.15, -0.1) is 0 Å². The lowest BCUT2D eigenvalue weighted by molar-refractivity contribution is 0.0691. The number of benzene rings is 1. The molecule has 1 fully saturated rings. The molecule has 0 radical (unpaired) electrons. The summed E-state index contributed by atoms with van der Waals surface area (Å²) in [5.41, 5.74) is -0.699. The molecule has 1 heterocycles. The van der Waals surface area contributed by atoms with Crippen LogP contribution in [0.4, 0.5) is 9.18 Å². The Kier molecular flexibility index (Phi) is 4.12. The summed E-state index contributed by atoms with van der Waals surface area (Å²) in [4.78, 5) is 23.2. The minimum atomic E-state index is -3.80. The van der Waals surface area contributed by atoms with Crippen molar-refractivity contribution in [3.05, 3.63) is 29.6 Å². The van der Waals surface area contributed by atoms with Crippen LogP contribution >= 0.6 is 0 Å². The first kappa shape index (κ1) is 15.2. The molecular weight excluding hydrogens is 303 g/mol. The van der Waals surface area contributed by atoms with Crippen LogP contribution in [0.25, 0.3) is 0 Å². The van der Waals surface area contributed by atoms with Gasteiger partial charge in [0.1, 0.15) is 5.82 Å². The largest absolute Gasteiger partial charge is 0.478 e. The Hall–Kier alpha value is -2.16. The summed E-state index contributed by atoms with van der Waals surface area (Å²) in [5.74, 6) is -2.89. The quantitative estimate of drug-likeness (QED) is 0.762. The molecule has 1 aliphatic rings. The number of nitrogens with one attached hydrogen (secondary N) is 1. The van der Waals surface area contributed by atoms with Gasteiger partial charge < -0.3 is 15.3 Å². The van der Waals surface area contributed by atoms with E-state index in [1.165, 1.54) is 4.90 Å². The van der Waals surface area contributed by atoms with Crippen LogP contribution in [0.15, 0.2) is 23.1 Å². The molecule has 0 unspecified atom stereocenters. The van der Waals surface area contributed by atoms with Crippen molar-refractivity contribution in [2.75, 3.05) is 25.4 Å². The van der Waals surface area contributed by atoms with Gasteiger partial charge in [0.25, 0.3) is 0 Å². The Labute approximate surface area is 120 Å². The Balaban J connectivity index is 2.17. The summed E-state index contributed by atoms with van der Waals surface area (Å²) in [7, 11) is -3.80. The maximum atomic E-state index is 13.3. The molecule has 7 nitrogen and oxygen atoms in total. The van der Waals surface area contributed by atoms with Gasteiger partial charge in [0, 0.05) is 19.6 Å². The van der Waals surface area contributed by atoms with Gasteiger partial charge in [-0.1, -0.05) is 0 Å². The van der Waals surface area contributed by atoms with Gasteiger partial charge in [-0.05, 0) is 18.2 Å². The van der Waals surface area contributed by atoms with E-state index in [2.05, 4.69) is 5.32 Å². The number of carboxylic acids is 1. The summed E-state index contributed by atoms with van der Waals surface area (Å²) >= 11 is 0. The fourth-order valence-electron chi connectivity index (χ4n) is 1.93. The van der Waals surface area contributed by atoms with Crippen molar-refractivity contribution in [2.45, 2.75) is 4.90 Å². The van der Waals surface area contributed by atoms with E-state index in [4.69, 9.17) is 5.11 Å². The standard InChI is InChI=1S/C12H13FN2O5S/c13-10-2-1-8(7-9(10)11(16)17)21(19,20)6-5-15-4-3-14-12(15)18/h1-2,7H,3-6H2,(H,14,18)(H,16,17). The highest BCUT2D eigenvalue weighted by Crippen LogP contribution is 2.17. The zero-order chi connectivity index (χ0) is 15.6. The predicted octanol–water partition coefficient (Wildman–Crippen LogP) is 0.323. The normalized spacial score (nSPS) is 15.1. The van der Waals surface area contributed by atoms with Gasteiger partial charge in [-0.3, -0.25) is 0 Å². The summed E-state index contributed by atoms with van der Waals surface area (Å²) in [6.45, 7) is 0.866. The first-order chi connectivity index (χ1) is 9.81. The number of amides is 2. The zero-order valence-corrected chi connectivity index (χ0v) is 11.7. The van der Waals surface area contributed by atoms with Gasteiger partial charge in [-0.2, -0.15) is 0 Å². The molecule has 1 saturated heterocycles. The number of halogens is 1. The van der Waals surface area contributed by atoms with Crippen molar-refractivity contribution in [3.63, 3.8) is 0 Å². The molecule has 2 N–H and O–H groups in total. The lowest BCUT2D eigenvalue weighted by Gasteiger charge is -2.14. The summed E-state index contributed by atoms with van der Waals surface area (Å²) in [6.07, 6.45) is 0. The van der Waals surface area contributed by atoms with E-state index in [-0.39, 0.29) is 23.2 Å². The topological polar surface area (TPSA) is 104 Å². The zero-order valence-electron chi connectivity index (χ0n) is 10.9. The second-order valence-electron chi connectivity index (χ2n) is 4.48. The van der Waals surface area contributed by atoms with E-state index < -0.39 is 27.2 Å². The molecule has 9 heteroatoms. The maximum absolute atomic E-state index is 13.3. The van der Waals surface area contributed by atoms with Crippen molar-refractivity contribution in [2.24, 2.45) is 0 Å². The van der Waals surface area contributed by atoms with E-state index in [1.54, 1.807) is 0 Å². The third-order valence-corrected chi connectivity index (χ3v) is 4.79. The van der Waals surface area contributed by atoms with Crippen LogP contribution in [0.3, 0.4) is 0 Å². The fraction of sp³-hybridized carbons (Fsp3) is 0.333. The van der Waals surface area contributed by atoms with Crippen LogP contribution in [-0.4, -0.2) is 55.8 Å². The molecule has 0 saturated carbocycles. The smallest absolute Gasteiger partial charge is 0.338 e. The van der Waals surface area contributed by atoms with Crippen molar-refractivity contribution < 1.29 is 27.5 Å². The molecule has 0 aliphatic carbocycles. The van der Waals surface area contributed by atoms with Crippen LogP contribution in [0.1, 0.15) is 10.4 Å². The highest BCUT2D eigenvalue weighted by atomic mass is 32.2. The monoisotopic (exact) mass is 316 g/mol. The van der Waals surface area contributed by atoms with E-state index in [9.17, 15) is 22.4 Å². The van der Waals surface area contributed by atoms with Crippen LogP contribution in [0, 0.1) is 5.82 Å². The Morgan fingerprint density at radius 3 is 2.71 bits per heavy atom. The van der Waals surface area contributed by atoms with Gasteiger partial charge in [0.2, 0.25) is 0 Å². The molecule has 2 amide bonds. The molecule has 1 aliphatic heterocycles. The minimum absolute atomic E-state index is 0.00600. The molecule has 0 aromatic heterocycles. The molecule has 21 heavy (non-hydrogen) atoms. The lowest BCUT2D eigenvalue weighted by atomic mass is 10.2. The van der Waals surface area contributed by atoms with Crippen LogP contribution in [0.2, 0.25) is 0 Å². The molecule has 0 atom stereocenters. The Morgan fingerprint density at radius 2 is 2.14 bits per heavy atom. The number of carbonyl (C=O) groups is 2. The fourth-order valence-corrected chi connectivity index (χ4v) is 3.20. The summed E-state index contributed by atoms with van der Waals surface area (Å²) < 4.78 is 37.5. The van der Waals surface area contributed by atoms with E-state index >= 15 is 0 Å². The average Bonchev–Trinajstić information content (AvgIpc) is 2.82. The van der Waals surface area contributed by atoms with Gasteiger partial charge in [0.15, 0.2) is 9.84 Å². The van der Waals surface area contributed by atoms with E-state index in [0.717, 1.165) is 18.2 Å². The number of carboxylic acid groups (broad SMARTS) is 1. The van der Waals surface area contributed by atoms with Crippen LogP contribution in [0.5, 0.6) is 0 Å². The number of carbonyl (C=O) groups excluding carboxylic acids is 1. The number of hydrogen-bond acceptors (Lipinski definition) is 4. The van der Waals surface area contributed by atoms with Gasteiger partial charge >= 0.3 is 12.0 Å². The van der Waals surface area contributed by atoms with Gasteiger partial charge in [-0.25, -0.2) is 22.4 Å². The van der Waals surface area contributed by atoms with Crippen molar-refractivity contribution in [1.29, 1.82) is 0 Å². The third kappa shape index (κ3) is 3.30. The van der Waals surface area contributed by atoms with Crippen molar-refractivity contribution >= 4 is 21.8 Å². The first-order valence-electron chi connectivity index (χ1n) is 6.09. The molecule has 114 valence electrons. The first-order valence-corrected chi connectivity index (χ1v) is 7.75. The molecule has 0 spiro atoms. The number of hydrogen-bond donors (Lipinski definition) is 2.